The predicted molar refractivity (Wildman–Crippen MR) is 107 cm³/mol. The van der Waals surface area contributed by atoms with Gasteiger partial charge in [0.05, 0.1) is 5.56 Å². The van der Waals surface area contributed by atoms with Gasteiger partial charge in [-0.2, -0.15) is 13.2 Å². The Morgan fingerprint density at radius 3 is 2.67 bits per heavy atom. The van der Waals surface area contributed by atoms with E-state index >= 15 is 0 Å². The van der Waals surface area contributed by atoms with E-state index in [9.17, 15) is 13.2 Å². The van der Waals surface area contributed by atoms with Crippen molar-refractivity contribution in [2.45, 2.75) is 44.8 Å². The van der Waals surface area contributed by atoms with Crippen LogP contribution in [0.25, 0.3) is 6.08 Å². The first-order valence-corrected chi connectivity index (χ1v) is 9.13. The molecule has 0 saturated carbocycles. The number of hydrogen-bond donors (Lipinski definition) is 1. The molecule has 0 heterocycles. The van der Waals surface area contributed by atoms with E-state index in [0.29, 0.717) is 6.42 Å². The molecule has 0 saturated heterocycles. The van der Waals surface area contributed by atoms with Crippen molar-refractivity contribution in [3.05, 3.63) is 76.4 Å². The number of aryl methyl sites for hydroxylation is 2. The van der Waals surface area contributed by atoms with Crippen LogP contribution >= 0.6 is 12.4 Å². The monoisotopic (exact) mass is 395 g/mol. The summed E-state index contributed by atoms with van der Waals surface area (Å²) < 4.78 is 38.3. The lowest BCUT2D eigenvalue weighted by Crippen LogP contribution is -2.21. The van der Waals surface area contributed by atoms with Crippen molar-refractivity contribution >= 4 is 18.5 Å². The molecule has 0 amide bonds. The second-order valence-electron chi connectivity index (χ2n) is 6.84. The molecule has 27 heavy (non-hydrogen) atoms. The normalized spacial score (nSPS) is 14.4. The minimum atomic E-state index is -4.28. The van der Waals surface area contributed by atoms with Crippen molar-refractivity contribution in [1.82, 2.24) is 5.32 Å². The van der Waals surface area contributed by atoms with Crippen molar-refractivity contribution in [2.75, 3.05) is 6.54 Å². The van der Waals surface area contributed by atoms with Gasteiger partial charge in [0, 0.05) is 6.04 Å². The Morgan fingerprint density at radius 1 is 1.11 bits per heavy atom. The van der Waals surface area contributed by atoms with E-state index in [-0.39, 0.29) is 18.4 Å². The lowest BCUT2D eigenvalue weighted by Gasteiger charge is -2.21. The number of rotatable bonds is 6. The SMILES string of the molecule is CC(NCCCc1cccc(C(F)(F)F)c1)c1cccc2c1C=CCC2.Cl. The number of halogens is 4. The van der Waals surface area contributed by atoms with Crippen LogP contribution in [-0.2, 0) is 19.0 Å². The number of alkyl halides is 3. The van der Waals surface area contributed by atoms with Gasteiger partial charge in [0.1, 0.15) is 0 Å². The van der Waals surface area contributed by atoms with Crippen molar-refractivity contribution in [3.8, 4) is 0 Å². The molecule has 2 aromatic rings. The van der Waals surface area contributed by atoms with Crippen LogP contribution in [0.1, 0.15) is 53.6 Å². The van der Waals surface area contributed by atoms with Gasteiger partial charge in [-0.05, 0) is 67.5 Å². The highest BCUT2D eigenvalue weighted by atomic mass is 35.5. The molecule has 1 N–H and O–H groups in total. The molecule has 146 valence electrons. The van der Waals surface area contributed by atoms with E-state index in [1.54, 1.807) is 6.07 Å². The van der Waals surface area contributed by atoms with Crippen molar-refractivity contribution in [2.24, 2.45) is 0 Å². The lowest BCUT2D eigenvalue weighted by molar-refractivity contribution is -0.137. The Balaban J connectivity index is 0.00000261. The number of benzene rings is 2. The summed E-state index contributed by atoms with van der Waals surface area (Å²) in [6.07, 6.45) is 3.76. The maximum Gasteiger partial charge on any atom is 0.416 e. The summed E-state index contributed by atoms with van der Waals surface area (Å²) in [5.74, 6) is 0. The zero-order chi connectivity index (χ0) is 18.6. The van der Waals surface area contributed by atoms with E-state index in [0.717, 1.165) is 37.4 Å². The van der Waals surface area contributed by atoms with Gasteiger partial charge < -0.3 is 5.32 Å². The molecule has 1 atom stereocenters. The second kappa shape index (κ2) is 9.43. The van der Waals surface area contributed by atoms with Gasteiger partial charge >= 0.3 is 6.18 Å². The standard InChI is InChI=1S/C22H24F3N.ClH/c1-16(20-13-5-10-18-9-2-3-12-21(18)20)26-14-6-8-17-7-4-11-19(15-17)22(23,24)25;/h3-5,7,10-13,15-16,26H,2,6,8-9,14H2,1H3;1H. The molecular weight excluding hydrogens is 371 g/mol. The zero-order valence-corrected chi connectivity index (χ0v) is 16.2. The fourth-order valence-electron chi connectivity index (χ4n) is 3.50. The molecule has 3 rings (SSSR count). The highest BCUT2D eigenvalue weighted by molar-refractivity contribution is 5.85. The van der Waals surface area contributed by atoms with Gasteiger partial charge in [-0.3, -0.25) is 0 Å². The minimum absolute atomic E-state index is 0. The molecule has 1 nitrogen and oxygen atoms in total. The van der Waals surface area contributed by atoms with Gasteiger partial charge in [-0.1, -0.05) is 48.6 Å². The van der Waals surface area contributed by atoms with Crippen LogP contribution < -0.4 is 5.32 Å². The van der Waals surface area contributed by atoms with E-state index in [1.807, 2.05) is 0 Å². The van der Waals surface area contributed by atoms with Crippen LogP contribution in [-0.4, -0.2) is 6.54 Å². The average Bonchev–Trinajstić information content (AvgIpc) is 2.64. The summed E-state index contributed by atoms with van der Waals surface area (Å²) in [6.45, 7) is 2.91. The molecule has 0 aliphatic heterocycles. The average molecular weight is 396 g/mol. The summed E-state index contributed by atoms with van der Waals surface area (Å²) in [5.41, 5.74) is 4.16. The van der Waals surface area contributed by atoms with Crippen molar-refractivity contribution in [3.63, 3.8) is 0 Å². The smallest absolute Gasteiger partial charge is 0.310 e. The third-order valence-corrected chi connectivity index (χ3v) is 4.91. The highest BCUT2D eigenvalue weighted by Gasteiger charge is 2.30. The Labute approximate surface area is 165 Å². The maximum atomic E-state index is 12.8. The van der Waals surface area contributed by atoms with E-state index < -0.39 is 11.7 Å². The quantitative estimate of drug-likeness (QED) is 0.560. The van der Waals surface area contributed by atoms with Crippen LogP contribution in [0.5, 0.6) is 0 Å². The number of fused-ring (bicyclic) bond motifs is 1. The molecule has 1 aliphatic rings. The van der Waals surface area contributed by atoms with E-state index in [2.05, 4.69) is 42.6 Å². The molecule has 0 radical (unpaired) electrons. The van der Waals surface area contributed by atoms with Gasteiger partial charge in [-0.15, -0.1) is 12.4 Å². The largest absolute Gasteiger partial charge is 0.416 e. The first kappa shape index (κ1) is 21.5. The van der Waals surface area contributed by atoms with E-state index in [1.165, 1.54) is 28.8 Å². The first-order valence-electron chi connectivity index (χ1n) is 9.13. The molecule has 2 aromatic carbocycles. The fourth-order valence-corrected chi connectivity index (χ4v) is 3.50. The van der Waals surface area contributed by atoms with E-state index in [4.69, 9.17) is 0 Å². The number of hydrogen-bond acceptors (Lipinski definition) is 1. The summed E-state index contributed by atoms with van der Waals surface area (Å²) >= 11 is 0. The van der Waals surface area contributed by atoms with Gasteiger partial charge in [0.15, 0.2) is 0 Å². The van der Waals surface area contributed by atoms with Gasteiger partial charge in [0.25, 0.3) is 0 Å². The fraction of sp³-hybridized carbons (Fsp3) is 0.364. The third kappa shape index (κ3) is 5.60. The lowest BCUT2D eigenvalue weighted by atomic mass is 9.90. The number of nitrogens with one attached hydrogen (secondary N) is 1. The van der Waals surface area contributed by atoms with Crippen LogP contribution in [0.3, 0.4) is 0 Å². The van der Waals surface area contributed by atoms with Gasteiger partial charge in [-0.25, -0.2) is 0 Å². The Morgan fingerprint density at radius 2 is 1.89 bits per heavy atom. The second-order valence-corrected chi connectivity index (χ2v) is 6.84. The Hall–Kier alpha value is -1.78. The molecule has 1 unspecified atom stereocenters. The summed E-state index contributed by atoms with van der Waals surface area (Å²) in [6, 6.07) is 12.3. The molecular formula is C22H25ClF3N. The number of allylic oxidation sites excluding steroid dienone is 1. The van der Waals surface area contributed by atoms with Crippen molar-refractivity contribution in [1.29, 1.82) is 0 Å². The summed E-state index contributed by atoms with van der Waals surface area (Å²) in [4.78, 5) is 0. The molecule has 0 spiro atoms. The van der Waals surface area contributed by atoms with Crippen LogP contribution in [0.4, 0.5) is 13.2 Å². The van der Waals surface area contributed by atoms with Crippen LogP contribution in [0.2, 0.25) is 0 Å². The first-order chi connectivity index (χ1) is 12.4. The molecule has 0 fully saturated rings. The molecule has 0 aromatic heterocycles. The Bertz CT molecular complexity index is 783. The summed E-state index contributed by atoms with van der Waals surface area (Å²) in [5, 5.41) is 3.51. The molecule has 1 aliphatic carbocycles. The van der Waals surface area contributed by atoms with Gasteiger partial charge in [0.2, 0.25) is 0 Å². The topological polar surface area (TPSA) is 12.0 Å². The van der Waals surface area contributed by atoms with Crippen LogP contribution in [0, 0.1) is 0 Å². The maximum absolute atomic E-state index is 12.8. The van der Waals surface area contributed by atoms with Crippen molar-refractivity contribution < 1.29 is 13.2 Å². The zero-order valence-electron chi connectivity index (χ0n) is 15.4. The Kier molecular flexibility index (Phi) is 7.51. The molecule has 0 bridgehead atoms. The van der Waals surface area contributed by atoms with Crippen LogP contribution in [0.15, 0.2) is 48.5 Å². The minimum Gasteiger partial charge on any atom is -0.310 e. The highest BCUT2D eigenvalue weighted by Crippen LogP contribution is 2.30. The summed E-state index contributed by atoms with van der Waals surface area (Å²) in [7, 11) is 0. The molecule has 5 heteroatoms. The predicted octanol–water partition coefficient (Wildman–Crippen LogP) is 6.37. The third-order valence-electron chi connectivity index (χ3n) is 4.91.